The number of rotatable bonds is 0. The second-order valence-corrected chi connectivity index (χ2v) is 4.78. The van der Waals surface area contributed by atoms with E-state index in [0.29, 0.717) is 0 Å². The molecule has 0 heteroatoms. The summed E-state index contributed by atoms with van der Waals surface area (Å²) in [5, 5.41) is 0. The highest BCUT2D eigenvalue weighted by Crippen LogP contribution is 2.42. The van der Waals surface area contributed by atoms with Crippen LogP contribution in [0.15, 0.2) is 11.6 Å². The van der Waals surface area contributed by atoms with Crippen molar-refractivity contribution in [3.05, 3.63) is 11.6 Å². The van der Waals surface area contributed by atoms with Gasteiger partial charge in [0.05, 0.1) is 0 Å². The first-order valence-corrected chi connectivity index (χ1v) is 5.44. The molecule has 3 atom stereocenters. The monoisotopic (exact) mass is 164 g/mol. The number of fused-ring (bicyclic) bond motifs is 1. The highest BCUT2D eigenvalue weighted by Gasteiger charge is 2.31. The van der Waals surface area contributed by atoms with Crippen LogP contribution in [0.2, 0.25) is 0 Å². The van der Waals surface area contributed by atoms with Crippen LogP contribution >= 0.6 is 0 Å². The van der Waals surface area contributed by atoms with Crippen LogP contribution in [0.4, 0.5) is 0 Å². The van der Waals surface area contributed by atoms with Crippen LogP contribution in [0.25, 0.3) is 0 Å². The number of allylic oxidation sites excluding steroid dienone is 2. The topological polar surface area (TPSA) is 0 Å². The molecule has 1 fully saturated rings. The molecule has 0 aliphatic heterocycles. The summed E-state index contributed by atoms with van der Waals surface area (Å²) in [6.07, 6.45) is 9.87. The molecule has 3 unspecified atom stereocenters. The first-order valence-electron chi connectivity index (χ1n) is 5.44. The van der Waals surface area contributed by atoms with Gasteiger partial charge in [-0.15, -0.1) is 0 Å². The number of hydrogen-bond donors (Lipinski definition) is 0. The van der Waals surface area contributed by atoms with Gasteiger partial charge in [0.2, 0.25) is 0 Å². The van der Waals surface area contributed by atoms with Crippen LogP contribution in [0.5, 0.6) is 0 Å². The van der Waals surface area contributed by atoms with Gasteiger partial charge >= 0.3 is 0 Å². The minimum absolute atomic E-state index is 0.865. The lowest BCUT2D eigenvalue weighted by atomic mass is 9.67. The van der Waals surface area contributed by atoms with E-state index in [2.05, 4.69) is 19.9 Å². The third-order valence-corrected chi connectivity index (χ3v) is 3.77. The number of hydrogen-bond acceptors (Lipinski definition) is 0. The molecular formula is C12H20. The minimum atomic E-state index is 0.865. The Labute approximate surface area is 76.1 Å². The van der Waals surface area contributed by atoms with E-state index in [1.165, 1.54) is 32.1 Å². The maximum absolute atomic E-state index is 2.51. The summed E-state index contributed by atoms with van der Waals surface area (Å²) in [6, 6.07) is 0. The van der Waals surface area contributed by atoms with Crippen molar-refractivity contribution in [2.75, 3.05) is 0 Å². The van der Waals surface area contributed by atoms with Gasteiger partial charge in [0.15, 0.2) is 0 Å². The molecule has 0 radical (unpaired) electrons. The van der Waals surface area contributed by atoms with Crippen molar-refractivity contribution in [1.82, 2.24) is 0 Å². The third-order valence-electron chi connectivity index (χ3n) is 3.77. The van der Waals surface area contributed by atoms with E-state index in [-0.39, 0.29) is 0 Å². The van der Waals surface area contributed by atoms with Crippen LogP contribution < -0.4 is 0 Å². The molecule has 0 heterocycles. The van der Waals surface area contributed by atoms with Crippen molar-refractivity contribution in [2.45, 2.75) is 46.0 Å². The van der Waals surface area contributed by atoms with Gasteiger partial charge in [-0.1, -0.05) is 31.4 Å². The lowest BCUT2D eigenvalue weighted by Crippen LogP contribution is -2.28. The van der Waals surface area contributed by atoms with Crippen molar-refractivity contribution >= 4 is 0 Å². The van der Waals surface area contributed by atoms with E-state index < -0.39 is 0 Å². The molecule has 68 valence electrons. The maximum atomic E-state index is 2.51. The molecule has 0 nitrogen and oxygen atoms in total. The molecule has 12 heavy (non-hydrogen) atoms. The van der Waals surface area contributed by atoms with Crippen LogP contribution in [-0.4, -0.2) is 0 Å². The quantitative estimate of drug-likeness (QED) is 0.478. The normalized spacial score (nSPS) is 41.8. The fourth-order valence-corrected chi connectivity index (χ4v) is 3.24. The molecular weight excluding hydrogens is 144 g/mol. The van der Waals surface area contributed by atoms with E-state index in [9.17, 15) is 0 Å². The van der Waals surface area contributed by atoms with Crippen molar-refractivity contribution in [3.8, 4) is 0 Å². The molecule has 0 spiro atoms. The van der Waals surface area contributed by atoms with Crippen molar-refractivity contribution in [1.29, 1.82) is 0 Å². The van der Waals surface area contributed by atoms with Crippen LogP contribution in [0.3, 0.4) is 0 Å². The molecule has 0 saturated heterocycles. The maximum Gasteiger partial charge on any atom is -0.0228 e. The zero-order valence-corrected chi connectivity index (χ0v) is 8.34. The lowest BCUT2D eigenvalue weighted by Gasteiger charge is -2.38. The Morgan fingerprint density at radius 3 is 2.83 bits per heavy atom. The molecule has 0 amide bonds. The Hall–Kier alpha value is -0.260. The van der Waals surface area contributed by atoms with E-state index in [0.717, 1.165) is 17.8 Å². The first kappa shape index (κ1) is 8.34. The predicted molar refractivity (Wildman–Crippen MR) is 53.0 cm³/mol. The summed E-state index contributed by atoms with van der Waals surface area (Å²) in [6.45, 7) is 4.72. The van der Waals surface area contributed by atoms with E-state index in [4.69, 9.17) is 0 Å². The standard InChI is InChI=1S/C12H20/c1-9-7-10(2)12-6-4-3-5-11(12)8-9/h7,10-12H,3-6,8H2,1-2H3. The summed E-state index contributed by atoms with van der Waals surface area (Å²) in [5.41, 5.74) is 1.64. The van der Waals surface area contributed by atoms with Gasteiger partial charge < -0.3 is 0 Å². The molecule has 0 aromatic carbocycles. The fraction of sp³-hybridized carbons (Fsp3) is 0.833. The Morgan fingerprint density at radius 2 is 2.00 bits per heavy atom. The van der Waals surface area contributed by atoms with Gasteiger partial charge in [-0.3, -0.25) is 0 Å². The van der Waals surface area contributed by atoms with Gasteiger partial charge in [-0.25, -0.2) is 0 Å². The van der Waals surface area contributed by atoms with Crippen molar-refractivity contribution in [3.63, 3.8) is 0 Å². The highest BCUT2D eigenvalue weighted by molar-refractivity contribution is 5.09. The molecule has 0 bridgehead atoms. The Balaban J connectivity index is 2.12. The molecule has 0 aromatic heterocycles. The van der Waals surface area contributed by atoms with Crippen molar-refractivity contribution < 1.29 is 0 Å². The minimum Gasteiger partial charge on any atom is -0.0825 e. The molecule has 2 aliphatic rings. The molecule has 0 aromatic rings. The summed E-state index contributed by atoms with van der Waals surface area (Å²) in [7, 11) is 0. The summed E-state index contributed by atoms with van der Waals surface area (Å²) < 4.78 is 0. The average Bonchev–Trinajstić information content (AvgIpc) is 2.04. The Kier molecular flexibility index (Phi) is 2.25. The summed E-state index contributed by atoms with van der Waals surface area (Å²) >= 11 is 0. The molecule has 2 rings (SSSR count). The summed E-state index contributed by atoms with van der Waals surface area (Å²) in [4.78, 5) is 0. The van der Waals surface area contributed by atoms with Crippen LogP contribution in [-0.2, 0) is 0 Å². The van der Waals surface area contributed by atoms with Gasteiger partial charge in [-0.2, -0.15) is 0 Å². The molecule has 1 saturated carbocycles. The smallest absolute Gasteiger partial charge is 0.0228 e. The van der Waals surface area contributed by atoms with Gasteiger partial charge in [0.1, 0.15) is 0 Å². The Bertz CT molecular complexity index is 190. The average molecular weight is 164 g/mol. The first-order chi connectivity index (χ1) is 5.77. The second-order valence-electron chi connectivity index (χ2n) is 4.78. The second kappa shape index (κ2) is 3.24. The molecule has 2 aliphatic carbocycles. The van der Waals surface area contributed by atoms with Gasteiger partial charge in [0.25, 0.3) is 0 Å². The van der Waals surface area contributed by atoms with E-state index in [1.54, 1.807) is 5.57 Å². The molecule has 0 N–H and O–H groups in total. The van der Waals surface area contributed by atoms with Crippen LogP contribution in [0.1, 0.15) is 46.0 Å². The Morgan fingerprint density at radius 1 is 1.25 bits per heavy atom. The van der Waals surface area contributed by atoms with Gasteiger partial charge in [-0.05, 0) is 43.9 Å². The largest absolute Gasteiger partial charge is 0.0825 e. The van der Waals surface area contributed by atoms with Crippen LogP contribution in [0, 0.1) is 17.8 Å². The van der Waals surface area contributed by atoms with Gasteiger partial charge in [0, 0.05) is 0 Å². The van der Waals surface area contributed by atoms with Crippen molar-refractivity contribution in [2.24, 2.45) is 17.8 Å². The summed E-state index contributed by atoms with van der Waals surface area (Å²) in [5.74, 6) is 2.94. The highest BCUT2D eigenvalue weighted by atomic mass is 14.4. The zero-order valence-electron chi connectivity index (χ0n) is 8.34. The van der Waals surface area contributed by atoms with E-state index in [1.807, 2.05) is 0 Å². The SMILES string of the molecule is CC1=CC(C)C2CCCCC2C1. The fourth-order valence-electron chi connectivity index (χ4n) is 3.24. The lowest BCUT2D eigenvalue weighted by molar-refractivity contribution is 0.180. The third kappa shape index (κ3) is 1.44. The predicted octanol–water partition coefficient (Wildman–Crippen LogP) is 3.78. The zero-order chi connectivity index (χ0) is 8.55. The van der Waals surface area contributed by atoms with E-state index >= 15 is 0 Å².